The van der Waals surface area contributed by atoms with Crippen LogP contribution in [0.2, 0.25) is 5.02 Å². The minimum atomic E-state index is -0.175. The molecule has 0 aliphatic carbocycles. The van der Waals surface area contributed by atoms with E-state index in [2.05, 4.69) is 13.0 Å². The molecule has 0 aliphatic heterocycles. The molecule has 3 heteroatoms. The number of aryl methyl sites for hydroxylation is 1. The highest BCUT2D eigenvalue weighted by atomic mass is 35.5. The first-order valence-electron chi connectivity index (χ1n) is 6.44. The molecule has 0 heterocycles. The zero-order chi connectivity index (χ0) is 13.7. The van der Waals surface area contributed by atoms with Crippen LogP contribution in [0.4, 0.5) is 0 Å². The lowest BCUT2D eigenvalue weighted by Gasteiger charge is -2.20. The summed E-state index contributed by atoms with van der Waals surface area (Å²) in [5, 5.41) is 0.698. The van der Waals surface area contributed by atoms with Crippen molar-refractivity contribution >= 4 is 11.6 Å². The Morgan fingerprint density at radius 3 is 2.63 bits per heavy atom. The Hall–Kier alpha value is -1.51. The number of halogens is 1. The highest BCUT2D eigenvalue weighted by Crippen LogP contribution is 2.26. The van der Waals surface area contributed by atoms with Crippen LogP contribution in [0.1, 0.15) is 24.2 Å². The van der Waals surface area contributed by atoms with Gasteiger partial charge in [0, 0.05) is 11.6 Å². The molecular weight excluding hydrogens is 258 g/mol. The van der Waals surface area contributed by atoms with Crippen LogP contribution in [0.3, 0.4) is 0 Å². The summed E-state index contributed by atoms with van der Waals surface area (Å²) in [6, 6.07) is 15.7. The molecular formula is C16H18ClNO. The van der Waals surface area contributed by atoms with Crippen LogP contribution in [0.25, 0.3) is 0 Å². The minimum absolute atomic E-state index is 0.175. The lowest BCUT2D eigenvalue weighted by Crippen LogP contribution is -2.19. The van der Waals surface area contributed by atoms with Gasteiger partial charge in [0.05, 0.1) is 0 Å². The van der Waals surface area contributed by atoms with Gasteiger partial charge >= 0.3 is 0 Å². The van der Waals surface area contributed by atoms with E-state index in [0.717, 1.165) is 17.7 Å². The number of para-hydroxylation sites is 1. The topological polar surface area (TPSA) is 35.2 Å². The Balaban J connectivity index is 2.24. The monoisotopic (exact) mass is 275 g/mol. The van der Waals surface area contributed by atoms with Crippen molar-refractivity contribution in [2.24, 2.45) is 5.73 Å². The summed E-state index contributed by atoms with van der Waals surface area (Å²) in [5.41, 5.74) is 8.01. The maximum atomic E-state index is 6.04. The second-order valence-electron chi connectivity index (χ2n) is 4.36. The standard InChI is InChI=1S/C16H18ClNO/c1-2-12-6-3-4-9-15(12)19-16(11-18)13-7-5-8-14(17)10-13/h3-10,16H,2,11,18H2,1H3. The molecule has 0 radical (unpaired) electrons. The molecule has 0 saturated heterocycles. The Morgan fingerprint density at radius 2 is 1.95 bits per heavy atom. The second kappa shape index (κ2) is 6.60. The SMILES string of the molecule is CCc1ccccc1OC(CN)c1cccc(Cl)c1. The molecule has 0 fully saturated rings. The number of rotatable bonds is 5. The molecule has 1 atom stereocenters. The van der Waals surface area contributed by atoms with Crippen LogP contribution in [0.15, 0.2) is 48.5 Å². The third kappa shape index (κ3) is 3.49. The molecule has 100 valence electrons. The summed E-state index contributed by atoms with van der Waals surface area (Å²) in [6.07, 6.45) is 0.759. The quantitative estimate of drug-likeness (QED) is 0.896. The minimum Gasteiger partial charge on any atom is -0.484 e. The number of hydrogen-bond acceptors (Lipinski definition) is 2. The van der Waals surface area contributed by atoms with Gasteiger partial charge in [-0.2, -0.15) is 0 Å². The maximum absolute atomic E-state index is 6.04. The molecule has 2 N–H and O–H groups in total. The fourth-order valence-electron chi connectivity index (χ4n) is 2.02. The van der Waals surface area contributed by atoms with E-state index in [1.807, 2.05) is 42.5 Å². The van der Waals surface area contributed by atoms with Gasteiger partial charge in [0.15, 0.2) is 0 Å². The number of ether oxygens (including phenoxy) is 1. The first kappa shape index (κ1) is 13.9. The second-order valence-corrected chi connectivity index (χ2v) is 4.79. The van der Waals surface area contributed by atoms with Gasteiger partial charge in [-0.05, 0) is 35.7 Å². The van der Waals surface area contributed by atoms with E-state index < -0.39 is 0 Å². The molecule has 2 aromatic rings. The van der Waals surface area contributed by atoms with Gasteiger partial charge in [0.2, 0.25) is 0 Å². The van der Waals surface area contributed by atoms with E-state index >= 15 is 0 Å². The fraction of sp³-hybridized carbons (Fsp3) is 0.250. The molecule has 2 nitrogen and oxygen atoms in total. The Bertz CT molecular complexity index is 542. The van der Waals surface area contributed by atoms with Crippen molar-refractivity contribution in [3.05, 3.63) is 64.7 Å². The predicted octanol–water partition coefficient (Wildman–Crippen LogP) is 3.98. The van der Waals surface area contributed by atoms with Crippen LogP contribution < -0.4 is 10.5 Å². The molecule has 19 heavy (non-hydrogen) atoms. The van der Waals surface area contributed by atoms with Gasteiger partial charge < -0.3 is 10.5 Å². The molecule has 0 amide bonds. The largest absolute Gasteiger partial charge is 0.484 e. The van der Waals surface area contributed by atoms with Gasteiger partial charge in [0.1, 0.15) is 11.9 Å². The fourth-order valence-corrected chi connectivity index (χ4v) is 2.22. The van der Waals surface area contributed by atoms with E-state index in [1.165, 1.54) is 5.56 Å². The van der Waals surface area contributed by atoms with Crippen LogP contribution in [-0.4, -0.2) is 6.54 Å². The first-order valence-corrected chi connectivity index (χ1v) is 6.82. The summed E-state index contributed by atoms with van der Waals surface area (Å²) in [5.74, 6) is 0.889. The first-order chi connectivity index (χ1) is 9.24. The third-order valence-corrected chi connectivity index (χ3v) is 3.29. The Labute approximate surface area is 119 Å². The summed E-state index contributed by atoms with van der Waals surface area (Å²) in [4.78, 5) is 0. The van der Waals surface area contributed by atoms with Crippen molar-refractivity contribution in [1.82, 2.24) is 0 Å². The molecule has 0 saturated carbocycles. The van der Waals surface area contributed by atoms with Crippen molar-refractivity contribution in [3.63, 3.8) is 0 Å². The highest BCUT2D eigenvalue weighted by molar-refractivity contribution is 6.30. The lowest BCUT2D eigenvalue weighted by molar-refractivity contribution is 0.212. The van der Waals surface area contributed by atoms with Crippen LogP contribution in [0, 0.1) is 0 Å². The van der Waals surface area contributed by atoms with Gasteiger partial charge in [-0.15, -0.1) is 0 Å². The summed E-state index contributed by atoms with van der Waals surface area (Å²) >= 11 is 6.01. The zero-order valence-electron chi connectivity index (χ0n) is 11.0. The molecule has 0 bridgehead atoms. The molecule has 0 aliphatic rings. The van der Waals surface area contributed by atoms with Crippen molar-refractivity contribution < 1.29 is 4.74 Å². The number of benzene rings is 2. The van der Waals surface area contributed by atoms with E-state index in [9.17, 15) is 0 Å². The van der Waals surface area contributed by atoms with Gasteiger partial charge in [-0.3, -0.25) is 0 Å². The Kier molecular flexibility index (Phi) is 4.83. The van der Waals surface area contributed by atoms with Crippen molar-refractivity contribution in [2.75, 3.05) is 6.54 Å². The predicted molar refractivity (Wildman–Crippen MR) is 79.7 cm³/mol. The summed E-state index contributed by atoms with van der Waals surface area (Å²) < 4.78 is 6.04. The number of hydrogen-bond donors (Lipinski definition) is 1. The van der Waals surface area contributed by atoms with Gasteiger partial charge in [-0.1, -0.05) is 48.9 Å². The molecule has 2 aromatic carbocycles. The molecule has 0 spiro atoms. The number of nitrogens with two attached hydrogens (primary N) is 1. The average molecular weight is 276 g/mol. The van der Waals surface area contributed by atoms with Crippen molar-refractivity contribution in [2.45, 2.75) is 19.4 Å². The van der Waals surface area contributed by atoms with Crippen LogP contribution >= 0.6 is 11.6 Å². The maximum Gasteiger partial charge on any atom is 0.136 e. The van der Waals surface area contributed by atoms with E-state index in [-0.39, 0.29) is 6.10 Å². The molecule has 1 unspecified atom stereocenters. The van der Waals surface area contributed by atoms with E-state index in [4.69, 9.17) is 22.1 Å². The van der Waals surface area contributed by atoms with Crippen LogP contribution in [0.5, 0.6) is 5.75 Å². The lowest BCUT2D eigenvalue weighted by atomic mass is 10.1. The molecule has 2 rings (SSSR count). The normalized spacial score (nSPS) is 12.2. The third-order valence-electron chi connectivity index (χ3n) is 3.06. The van der Waals surface area contributed by atoms with Crippen molar-refractivity contribution in [3.8, 4) is 5.75 Å². The summed E-state index contributed by atoms with van der Waals surface area (Å²) in [6.45, 7) is 2.53. The van der Waals surface area contributed by atoms with Crippen molar-refractivity contribution in [1.29, 1.82) is 0 Å². The molecule has 0 aromatic heterocycles. The van der Waals surface area contributed by atoms with E-state index in [0.29, 0.717) is 11.6 Å². The summed E-state index contributed by atoms with van der Waals surface area (Å²) in [7, 11) is 0. The zero-order valence-corrected chi connectivity index (χ0v) is 11.7. The highest BCUT2D eigenvalue weighted by Gasteiger charge is 2.13. The Morgan fingerprint density at radius 1 is 1.16 bits per heavy atom. The van der Waals surface area contributed by atoms with Gasteiger partial charge in [-0.25, -0.2) is 0 Å². The smallest absolute Gasteiger partial charge is 0.136 e. The van der Waals surface area contributed by atoms with Crippen LogP contribution in [-0.2, 0) is 6.42 Å². The van der Waals surface area contributed by atoms with E-state index in [1.54, 1.807) is 0 Å². The van der Waals surface area contributed by atoms with Gasteiger partial charge in [0.25, 0.3) is 0 Å². The average Bonchev–Trinajstić information content (AvgIpc) is 2.45.